The van der Waals surface area contributed by atoms with E-state index in [9.17, 15) is 9.59 Å². The summed E-state index contributed by atoms with van der Waals surface area (Å²) in [7, 11) is 0. The Morgan fingerprint density at radius 3 is 2.63 bits per heavy atom. The zero-order valence-corrected chi connectivity index (χ0v) is 17.7. The molecule has 5 heteroatoms. The van der Waals surface area contributed by atoms with Gasteiger partial charge in [0.2, 0.25) is 11.8 Å². The van der Waals surface area contributed by atoms with Crippen molar-refractivity contribution < 1.29 is 9.59 Å². The molecule has 1 saturated heterocycles. The number of thioether (sulfide) groups is 1. The monoisotopic (exact) mass is 416 g/mol. The highest BCUT2D eigenvalue weighted by molar-refractivity contribution is 8.00. The normalized spacial score (nSPS) is 16.0. The van der Waals surface area contributed by atoms with Crippen LogP contribution in [0.5, 0.6) is 0 Å². The molecule has 0 aliphatic carbocycles. The molecule has 30 heavy (non-hydrogen) atoms. The molecule has 1 atom stereocenters. The van der Waals surface area contributed by atoms with E-state index in [4.69, 9.17) is 0 Å². The number of rotatable bonds is 6. The van der Waals surface area contributed by atoms with Crippen molar-refractivity contribution in [3.8, 4) is 0 Å². The molecule has 0 spiro atoms. The van der Waals surface area contributed by atoms with Crippen LogP contribution in [0.3, 0.4) is 0 Å². The zero-order chi connectivity index (χ0) is 20.9. The highest BCUT2D eigenvalue weighted by Crippen LogP contribution is 2.42. The van der Waals surface area contributed by atoms with Crippen molar-refractivity contribution in [2.75, 3.05) is 16.0 Å². The van der Waals surface area contributed by atoms with Crippen molar-refractivity contribution in [2.45, 2.75) is 25.1 Å². The number of benzene rings is 3. The van der Waals surface area contributed by atoms with E-state index in [-0.39, 0.29) is 17.2 Å². The molecule has 0 bridgehead atoms. The standard InChI is InChI=1S/C25H24N2O2S/c1-18-7-5-12-22(15-18)27-24(29)17-30-25(27)20-10-6-11-21(16-20)26-23(28)14-13-19-8-3-2-4-9-19/h2-12,15-16,25H,13-14,17H2,1H3,(H,26,28)/t25-/m1/s1. The lowest BCUT2D eigenvalue weighted by Gasteiger charge is -2.25. The molecule has 4 nitrogen and oxygen atoms in total. The molecule has 3 aromatic rings. The second-order valence-electron chi connectivity index (χ2n) is 7.43. The lowest BCUT2D eigenvalue weighted by atomic mass is 10.1. The number of hydrogen-bond donors (Lipinski definition) is 1. The third kappa shape index (κ3) is 4.74. The van der Waals surface area contributed by atoms with Gasteiger partial charge in [0.25, 0.3) is 0 Å². The van der Waals surface area contributed by atoms with Crippen molar-refractivity contribution >= 4 is 35.0 Å². The summed E-state index contributed by atoms with van der Waals surface area (Å²) in [5.41, 5.74) is 4.95. The maximum absolute atomic E-state index is 12.6. The van der Waals surface area contributed by atoms with Crippen LogP contribution in [-0.4, -0.2) is 17.6 Å². The first-order chi connectivity index (χ1) is 14.6. The van der Waals surface area contributed by atoms with Gasteiger partial charge >= 0.3 is 0 Å². The van der Waals surface area contributed by atoms with Gasteiger partial charge in [0.05, 0.1) is 5.75 Å². The van der Waals surface area contributed by atoms with Crippen LogP contribution in [0.2, 0.25) is 0 Å². The molecule has 0 radical (unpaired) electrons. The summed E-state index contributed by atoms with van der Waals surface area (Å²) >= 11 is 1.61. The van der Waals surface area contributed by atoms with Gasteiger partial charge < -0.3 is 5.32 Å². The molecule has 0 saturated carbocycles. The van der Waals surface area contributed by atoms with E-state index in [1.807, 2.05) is 90.7 Å². The molecule has 152 valence electrons. The SMILES string of the molecule is Cc1cccc(N2C(=O)CS[C@@H]2c2cccc(NC(=O)CCc3ccccc3)c2)c1. The first kappa shape index (κ1) is 20.2. The van der Waals surface area contributed by atoms with Gasteiger partial charge in [-0.3, -0.25) is 14.5 Å². The van der Waals surface area contributed by atoms with E-state index in [1.54, 1.807) is 11.8 Å². The summed E-state index contributed by atoms with van der Waals surface area (Å²) in [6.07, 6.45) is 1.14. The second-order valence-corrected chi connectivity index (χ2v) is 8.49. The van der Waals surface area contributed by atoms with E-state index in [1.165, 1.54) is 0 Å². The van der Waals surface area contributed by atoms with Gasteiger partial charge in [0.15, 0.2) is 0 Å². The van der Waals surface area contributed by atoms with Crippen LogP contribution in [0.15, 0.2) is 78.9 Å². The first-order valence-electron chi connectivity index (χ1n) is 10.0. The summed E-state index contributed by atoms with van der Waals surface area (Å²) in [5, 5.41) is 2.90. The van der Waals surface area contributed by atoms with Gasteiger partial charge in [-0.1, -0.05) is 54.6 Å². The maximum atomic E-state index is 12.6. The Labute approximate surface area is 181 Å². The number of hydrogen-bond acceptors (Lipinski definition) is 3. The molecule has 1 heterocycles. The lowest BCUT2D eigenvalue weighted by molar-refractivity contribution is -0.116. The minimum atomic E-state index is -0.0968. The molecule has 1 N–H and O–H groups in total. The topological polar surface area (TPSA) is 49.4 Å². The van der Waals surface area contributed by atoms with Gasteiger partial charge in [0.1, 0.15) is 5.37 Å². The van der Waals surface area contributed by atoms with Crippen LogP contribution in [0.25, 0.3) is 0 Å². The van der Waals surface area contributed by atoms with Gasteiger partial charge in [-0.2, -0.15) is 0 Å². The average molecular weight is 417 g/mol. The Morgan fingerprint density at radius 2 is 1.83 bits per heavy atom. The fourth-order valence-electron chi connectivity index (χ4n) is 3.62. The van der Waals surface area contributed by atoms with Crippen molar-refractivity contribution in [1.29, 1.82) is 0 Å². The van der Waals surface area contributed by atoms with Crippen LogP contribution < -0.4 is 10.2 Å². The number of amides is 2. The first-order valence-corrected chi connectivity index (χ1v) is 11.1. The Kier molecular flexibility index (Phi) is 6.19. The van der Waals surface area contributed by atoms with Crippen LogP contribution in [-0.2, 0) is 16.0 Å². The van der Waals surface area contributed by atoms with Crippen molar-refractivity contribution in [3.63, 3.8) is 0 Å². The molecule has 2 amide bonds. The Hall–Kier alpha value is -3.05. The number of aryl methyl sites for hydroxylation is 2. The van der Waals surface area contributed by atoms with Crippen LogP contribution >= 0.6 is 11.8 Å². The van der Waals surface area contributed by atoms with Gasteiger partial charge in [-0.15, -0.1) is 11.8 Å². The molecule has 3 aromatic carbocycles. The number of carbonyl (C=O) groups is 2. The fourth-order valence-corrected chi connectivity index (χ4v) is 4.79. The van der Waals surface area contributed by atoms with Crippen LogP contribution in [0.1, 0.15) is 28.5 Å². The van der Waals surface area contributed by atoms with Crippen molar-refractivity contribution in [1.82, 2.24) is 0 Å². The number of nitrogens with zero attached hydrogens (tertiary/aromatic N) is 1. The summed E-state index contributed by atoms with van der Waals surface area (Å²) in [4.78, 5) is 26.9. The molecule has 4 rings (SSSR count). The molecule has 1 aliphatic heterocycles. The minimum Gasteiger partial charge on any atom is -0.326 e. The molecule has 1 fully saturated rings. The van der Waals surface area contributed by atoms with Crippen LogP contribution in [0, 0.1) is 6.92 Å². The summed E-state index contributed by atoms with van der Waals surface area (Å²) < 4.78 is 0. The largest absolute Gasteiger partial charge is 0.326 e. The molecule has 0 aromatic heterocycles. The number of anilines is 2. The highest BCUT2D eigenvalue weighted by Gasteiger charge is 2.34. The predicted octanol–water partition coefficient (Wildman–Crippen LogP) is 5.34. The van der Waals surface area contributed by atoms with Crippen molar-refractivity contribution in [2.24, 2.45) is 0 Å². The number of nitrogens with one attached hydrogen (secondary N) is 1. The van der Waals surface area contributed by atoms with Gasteiger partial charge in [0, 0.05) is 17.8 Å². The second kappa shape index (κ2) is 9.18. The molecule has 0 unspecified atom stereocenters. The molecular formula is C25H24N2O2S. The van der Waals surface area contributed by atoms with E-state index < -0.39 is 0 Å². The van der Waals surface area contributed by atoms with Gasteiger partial charge in [-0.05, 0) is 54.3 Å². The Morgan fingerprint density at radius 1 is 1.03 bits per heavy atom. The van der Waals surface area contributed by atoms with E-state index in [0.717, 1.165) is 28.1 Å². The zero-order valence-electron chi connectivity index (χ0n) is 16.9. The molecule has 1 aliphatic rings. The summed E-state index contributed by atoms with van der Waals surface area (Å²) in [5.74, 6) is 0.543. The third-order valence-corrected chi connectivity index (χ3v) is 6.30. The van der Waals surface area contributed by atoms with Crippen LogP contribution in [0.4, 0.5) is 11.4 Å². The minimum absolute atomic E-state index is 0.0123. The summed E-state index contributed by atoms with van der Waals surface area (Å²) in [6, 6.07) is 25.8. The maximum Gasteiger partial charge on any atom is 0.238 e. The quantitative estimate of drug-likeness (QED) is 0.590. The molecular weight excluding hydrogens is 392 g/mol. The number of carbonyl (C=O) groups excluding carboxylic acids is 2. The van der Waals surface area contributed by atoms with E-state index in [2.05, 4.69) is 5.32 Å². The fraction of sp³-hybridized carbons (Fsp3) is 0.200. The summed E-state index contributed by atoms with van der Waals surface area (Å²) in [6.45, 7) is 2.03. The highest BCUT2D eigenvalue weighted by atomic mass is 32.2. The predicted molar refractivity (Wildman–Crippen MR) is 124 cm³/mol. The third-order valence-electron chi connectivity index (χ3n) is 5.09. The Bertz CT molecular complexity index is 1050. The van der Waals surface area contributed by atoms with Crippen molar-refractivity contribution in [3.05, 3.63) is 95.6 Å². The lowest BCUT2D eigenvalue weighted by Crippen LogP contribution is -2.27. The van der Waals surface area contributed by atoms with E-state index >= 15 is 0 Å². The average Bonchev–Trinajstić information content (AvgIpc) is 3.15. The Balaban J connectivity index is 1.47. The van der Waals surface area contributed by atoms with E-state index in [0.29, 0.717) is 18.6 Å². The van der Waals surface area contributed by atoms with Gasteiger partial charge in [-0.25, -0.2) is 0 Å². The smallest absolute Gasteiger partial charge is 0.238 e.